The molecule has 1 saturated heterocycles. The molecule has 1 unspecified atom stereocenters. The van der Waals surface area contributed by atoms with Crippen molar-refractivity contribution < 1.29 is 18.3 Å². The second kappa shape index (κ2) is 7.01. The summed E-state index contributed by atoms with van der Waals surface area (Å²) in [6, 6.07) is 3.62. The molecule has 1 aliphatic rings. The summed E-state index contributed by atoms with van der Waals surface area (Å²) in [5.74, 6) is -3.22. The number of rotatable bonds is 5. The van der Waals surface area contributed by atoms with Crippen LogP contribution in [0.4, 0.5) is 14.6 Å². The summed E-state index contributed by atoms with van der Waals surface area (Å²) in [6.45, 7) is 5.87. The second-order valence-corrected chi connectivity index (χ2v) is 6.60. The number of alkyl halides is 2. The highest BCUT2D eigenvalue weighted by Crippen LogP contribution is 2.34. The van der Waals surface area contributed by atoms with Gasteiger partial charge < -0.3 is 9.64 Å². The Balaban J connectivity index is 1.72. The Hall–Kier alpha value is -2.51. The molecule has 1 aliphatic heterocycles. The molecule has 3 rings (SSSR count). The number of nitrogens with zero attached hydrogens (tertiary/aromatic N) is 4. The molecule has 0 aliphatic carbocycles. The summed E-state index contributed by atoms with van der Waals surface area (Å²) in [4.78, 5) is 17.8. The van der Waals surface area contributed by atoms with Crippen LogP contribution in [0.1, 0.15) is 35.5 Å². The van der Waals surface area contributed by atoms with Gasteiger partial charge in [-0.15, -0.1) is 0 Å². The lowest BCUT2D eigenvalue weighted by Gasteiger charge is -2.18. The molecule has 3 heterocycles. The van der Waals surface area contributed by atoms with Crippen LogP contribution in [0.2, 0.25) is 0 Å². The third-order valence-corrected chi connectivity index (χ3v) is 4.60. The molecule has 0 spiro atoms. The van der Waals surface area contributed by atoms with Gasteiger partial charge in [0.05, 0.1) is 31.5 Å². The summed E-state index contributed by atoms with van der Waals surface area (Å²) in [7, 11) is 0. The van der Waals surface area contributed by atoms with E-state index in [0.29, 0.717) is 31.1 Å². The topological polar surface area (TPSA) is 60.2 Å². The third-order valence-electron chi connectivity index (χ3n) is 4.60. The van der Waals surface area contributed by atoms with Gasteiger partial charge in [-0.25, -0.2) is 18.6 Å². The van der Waals surface area contributed by atoms with Gasteiger partial charge in [0.15, 0.2) is 0 Å². The lowest BCUT2D eigenvalue weighted by Crippen LogP contribution is -2.27. The highest BCUT2D eigenvalue weighted by Gasteiger charge is 2.45. The van der Waals surface area contributed by atoms with Gasteiger partial charge in [-0.1, -0.05) is 13.0 Å². The van der Waals surface area contributed by atoms with E-state index in [1.807, 2.05) is 13.0 Å². The van der Waals surface area contributed by atoms with E-state index in [0.717, 1.165) is 11.3 Å². The SMILES string of the molecule is CCOC(=O)c1cnn(Cc2ccc(N3CC(C)C(F)(F)C3)nc2C)c1. The zero-order chi connectivity index (χ0) is 18.9. The van der Waals surface area contributed by atoms with E-state index in [9.17, 15) is 13.6 Å². The molecule has 26 heavy (non-hydrogen) atoms. The van der Waals surface area contributed by atoms with Gasteiger partial charge in [0, 0.05) is 24.4 Å². The van der Waals surface area contributed by atoms with Gasteiger partial charge in [-0.05, 0) is 25.5 Å². The lowest BCUT2D eigenvalue weighted by atomic mass is 10.1. The van der Waals surface area contributed by atoms with Crippen molar-refractivity contribution in [1.29, 1.82) is 0 Å². The normalized spacial score (nSPS) is 19.0. The molecule has 2 aromatic rings. The monoisotopic (exact) mass is 364 g/mol. The van der Waals surface area contributed by atoms with Crippen LogP contribution in [0, 0.1) is 12.8 Å². The fourth-order valence-electron chi connectivity index (χ4n) is 2.98. The highest BCUT2D eigenvalue weighted by molar-refractivity contribution is 5.88. The Bertz CT molecular complexity index is 806. The highest BCUT2D eigenvalue weighted by atomic mass is 19.3. The van der Waals surface area contributed by atoms with Crippen LogP contribution in [-0.2, 0) is 11.3 Å². The molecule has 0 saturated carbocycles. The van der Waals surface area contributed by atoms with E-state index in [1.165, 1.54) is 6.20 Å². The maximum Gasteiger partial charge on any atom is 0.341 e. The fourth-order valence-corrected chi connectivity index (χ4v) is 2.98. The zero-order valence-corrected chi connectivity index (χ0v) is 15.1. The molecule has 0 bridgehead atoms. The molecule has 0 N–H and O–H groups in total. The number of carbonyl (C=O) groups is 1. The van der Waals surface area contributed by atoms with Crippen molar-refractivity contribution in [3.05, 3.63) is 41.3 Å². The number of halogens is 2. The fraction of sp³-hybridized carbons (Fsp3) is 0.500. The zero-order valence-electron chi connectivity index (χ0n) is 15.1. The number of hydrogen-bond acceptors (Lipinski definition) is 5. The smallest absolute Gasteiger partial charge is 0.341 e. The van der Waals surface area contributed by atoms with Crippen molar-refractivity contribution in [1.82, 2.24) is 14.8 Å². The molecule has 8 heteroatoms. The average Bonchev–Trinajstić information content (AvgIpc) is 3.14. The predicted octanol–water partition coefficient (Wildman–Crippen LogP) is 2.90. The first kappa shape index (κ1) is 18.3. The Kier molecular flexibility index (Phi) is 4.93. The van der Waals surface area contributed by atoms with E-state index in [-0.39, 0.29) is 6.54 Å². The van der Waals surface area contributed by atoms with Crippen LogP contribution in [0.3, 0.4) is 0 Å². The molecule has 0 amide bonds. The molecule has 1 fully saturated rings. The molecule has 2 aromatic heterocycles. The van der Waals surface area contributed by atoms with Gasteiger partial charge in [-0.2, -0.15) is 5.10 Å². The molecule has 140 valence electrons. The van der Waals surface area contributed by atoms with Crippen molar-refractivity contribution in [3.8, 4) is 0 Å². The van der Waals surface area contributed by atoms with Crippen LogP contribution < -0.4 is 4.90 Å². The minimum atomic E-state index is -2.69. The van der Waals surface area contributed by atoms with Crippen molar-refractivity contribution in [2.24, 2.45) is 5.92 Å². The molecule has 6 nitrogen and oxygen atoms in total. The van der Waals surface area contributed by atoms with Crippen molar-refractivity contribution in [2.45, 2.75) is 33.2 Å². The number of carbonyl (C=O) groups excluding carboxylic acids is 1. The minimum Gasteiger partial charge on any atom is -0.462 e. The van der Waals surface area contributed by atoms with Crippen LogP contribution in [0.25, 0.3) is 0 Å². The lowest BCUT2D eigenvalue weighted by molar-refractivity contribution is -0.0138. The largest absolute Gasteiger partial charge is 0.462 e. The first-order valence-corrected chi connectivity index (χ1v) is 8.59. The molecular weight excluding hydrogens is 342 g/mol. The van der Waals surface area contributed by atoms with E-state index in [2.05, 4.69) is 10.1 Å². The standard InChI is InChI=1S/C18H22F2N4O2/c1-4-26-17(25)15-7-21-24(10-15)9-14-5-6-16(22-13(14)3)23-8-12(2)18(19,20)11-23/h5-7,10,12H,4,8-9,11H2,1-3H3. The first-order valence-electron chi connectivity index (χ1n) is 8.59. The molecule has 1 atom stereocenters. The van der Waals surface area contributed by atoms with E-state index in [4.69, 9.17) is 4.74 Å². The third kappa shape index (κ3) is 3.68. The van der Waals surface area contributed by atoms with E-state index >= 15 is 0 Å². The van der Waals surface area contributed by atoms with Gasteiger partial charge in [0.2, 0.25) is 0 Å². The van der Waals surface area contributed by atoms with Crippen molar-refractivity contribution in [3.63, 3.8) is 0 Å². The summed E-state index contributed by atoms with van der Waals surface area (Å²) in [5, 5.41) is 4.16. The maximum atomic E-state index is 13.7. The van der Waals surface area contributed by atoms with Crippen LogP contribution in [0.15, 0.2) is 24.5 Å². The Morgan fingerprint density at radius 3 is 2.81 bits per heavy atom. The minimum absolute atomic E-state index is 0.293. The first-order chi connectivity index (χ1) is 12.3. The number of ether oxygens (including phenoxy) is 1. The van der Waals surface area contributed by atoms with Gasteiger partial charge in [0.25, 0.3) is 5.92 Å². The molecular formula is C18H22F2N4O2. The summed E-state index contributed by atoms with van der Waals surface area (Å²) in [5.41, 5.74) is 2.05. The number of aromatic nitrogens is 3. The summed E-state index contributed by atoms with van der Waals surface area (Å²) < 4.78 is 34.1. The van der Waals surface area contributed by atoms with Crippen molar-refractivity contribution >= 4 is 11.8 Å². The Labute approximate surface area is 150 Å². The maximum absolute atomic E-state index is 13.7. The van der Waals surface area contributed by atoms with Crippen LogP contribution in [-0.4, -0.2) is 46.4 Å². The second-order valence-electron chi connectivity index (χ2n) is 6.60. The number of aryl methyl sites for hydroxylation is 1. The predicted molar refractivity (Wildman–Crippen MR) is 92.6 cm³/mol. The quantitative estimate of drug-likeness (QED) is 0.764. The Morgan fingerprint density at radius 1 is 1.42 bits per heavy atom. The van der Waals surface area contributed by atoms with Crippen LogP contribution in [0.5, 0.6) is 0 Å². The number of esters is 1. The summed E-state index contributed by atoms with van der Waals surface area (Å²) >= 11 is 0. The van der Waals surface area contributed by atoms with Crippen LogP contribution >= 0.6 is 0 Å². The van der Waals surface area contributed by atoms with Gasteiger partial charge in [0.1, 0.15) is 5.82 Å². The van der Waals surface area contributed by atoms with Gasteiger partial charge in [-0.3, -0.25) is 4.68 Å². The molecule has 0 aromatic carbocycles. The van der Waals surface area contributed by atoms with Gasteiger partial charge >= 0.3 is 5.97 Å². The number of anilines is 1. The number of pyridine rings is 1. The van der Waals surface area contributed by atoms with E-state index in [1.54, 1.807) is 35.7 Å². The summed E-state index contributed by atoms with van der Waals surface area (Å²) in [6.07, 6.45) is 3.08. The van der Waals surface area contributed by atoms with E-state index < -0.39 is 17.8 Å². The Morgan fingerprint density at radius 2 is 2.19 bits per heavy atom. The number of hydrogen-bond donors (Lipinski definition) is 0. The average molecular weight is 364 g/mol. The molecule has 0 radical (unpaired) electrons. The van der Waals surface area contributed by atoms with Crippen molar-refractivity contribution in [2.75, 3.05) is 24.6 Å².